The van der Waals surface area contributed by atoms with Crippen molar-refractivity contribution >= 4 is 34.9 Å². The molecule has 0 aliphatic carbocycles. The maximum Gasteiger partial charge on any atom is 0.174 e. The second-order valence-electron chi connectivity index (χ2n) is 5.76. The lowest BCUT2D eigenvalue weighted by Gasteiger charge is -2.19. The quantitative estimate of drug-likeness (QED) is 0.342. The highest BCUT2D eigenvalue weighted by molar-refractivity contribution is 7.99. The predicted octanol–water partition coefficient (Wildman–Crippen LogP) is 2.19. The van der Waals surface area contributed by atoms with Crippen molar-refractivity contribution < 1.29 is 12.4 Å². The molecular formula is C20H23ClN3S2-. The van der Waals surface area contributed by atoms with Gasteiger partial charge in [-0.25, -0.2) is 4.98 Å². The molecule has 0 spiro atoms. The zero-order valence-electron chi connectivity index (χ0n) is 15.1. The minimum atomic E-state index is 0. The molecule has 0 amide bonds. The van der Waals surface area contributed by atoms with Crippen molar-refractivity contribution in [2.45, 2.75) is 19.0 Å². The summed E-state index contributed by atoms with van der Waals surface area (Å²) in [6.45, 7) is 7.61. The van der Waals surface area contributed by atoms with E-state index < -0.39 is 0 Å². The maximum absolute atomic E-state index is 5.81. The Bertz CT molecular complexity index is 892. The lowest BCUT2D eigenvalue weighted by molar-refractivity contribution is -0.00000506. The predicted molar refractivity (Wildman–Crippen MR) is 110 cm³/mol. The topological polar surface area (TPSA) is 21.1 Å². The highest BCUT2D eigenvalue weighted by Gasteiger charge is 2.11. The summed E-state index contributed by atoms with van der Waals surface area (Å²) in [5, 5.41) is 1.98. The van der Waals surface area contributed by atoms with E-state index in [9.17, 15) is 0 Å². The van der Waals surface area contributed by atoms with Gasteiger partial charge >= 0.3 is 0 Å². The van der Waals surface area contributed by atoms with E-state index in [1.54, 1.807) is 11.8 Å². The molecule has 0 atom stereocenters. The molecule has 0 radical (unpaired) electrons. The number of benzene rings is 2. The van der Waals surface area contributed by atoms with E-state index in [2.05, 4.69) is 41.5 Å². The van der Waals surface area contributed by atoms with Crippen molar-refractivity contribution in [2.24, 2.45) is 0 Å². The van der Waals surface area contributed by atoms with E-state index in [-0.39, 0.29) is 12.4 Å². The summed E-state index contributed by atoms with van der Waals surface area (Å²) in [5.74, 6) is 0.995. The molecule has 0 unspecified atom stereocenters. The standard InChI is InChI=1S/C20H23N3S2.ClH/c1-3-22(4-2)14-15-25-20-21-18-13-9-8-12-17(18)19(24)23(20)16-10-6-5-7-11-16;/h5-13H,3-4,14-15H2,1-2H3;1H/p-1. The van der Waals surface area contributed by atoms with E-state index in [1.807, 2.05) is 36.4 Å². The minimum Gasteiger partial charge on any atom is -1.00 e. The number of nitrogens with zero attached hydrogens (tertiary/aromatic N) is 3. The van der Waals surface area contributed by atoms with Crippen molar-refractivity contribution in [1.82, 2.24) is 14.5 Å². The number of hydrogen-bond acceptors (Lipinski definition) is 4. The van der Waals surface area contributed by atoms with E-state index in [0.717, 1.165) is 51.8 Å². The van der Waals surface area contributed by atoms with Gasteiger partial charge in [0.15, 0.2) is 5.16 Å². The molecule has 0 fully saturated rings. The van der Waals surface area contributed by atoms with Crippen molar-refractivity contribution in [1.29, 1.82) is 0 Å². The molecule has 3 nitrogen and oxygen atoms in total. The summed E-state index contributed by atoms with van der Waals surface area (Å²) in [4.78, 5) is 7.33. The Labute approximate surface area is 170 Å². The van der Waals surface area contributed by atoms with Gasteiger partial charge in [0.1, 0.15) is 4.64 Å². The van der Waals surface area contributed by atoms with Crippen LogP contribution in [0, 0.1) is 4.64 Å². The second-order valence-corrected chi connectivity index (χ2v) is 7.21. The summed E-state index contributed by atoms with van der Waals surface area (Å²) >= 11 is 7.58. The largest absolute Gasteiger partial charge is 1.00 e. The molecule has 0 N–H and O–H groups in total. The van der Waals surface area contributed by atoms with Gasteiger partial charge in [0.05, 0.1) is 5.52 Å². The number of aromatic nitrogens is 2. The van der Waals surface area contributed by atoms with Crippen LogP contribution in [0.2, 0.25) is 0 Å². The minimum absolute atomic E-state index is 0. The zero-order valence-corrected chi connectivity index (χ0v) is 17.4. The lowest BCUT2D eigenvalue weighted by atomic mass is 10.2. The van der Waals surface area contributed by atoms with Crippen LogP contribution in [-0.4, -0.2) is 39.8 Å². The lowest BCUT2D eigenvalue weighted by Crippen LogP contribution is -3.00. The van der Waals surface area contributed by atoms with E-state index in [4.69, 9.17) is 17.2 Å². The van der Waals surface area contributed by atoms with Gasteiger partial charge < -0.3 is 17.3 Å². The van der Waals surface area contributed by atoms with Gasteiger partial charge in [-0.15, -0.1) is 0 Å². The number of fused-ring (bicyclic) bond motifs is 1. The molecule has 0 aliphatic rings. The van der Waals surface area contributed by atoms with Crippen LogP contribution in [0.1, 0.15) is 13.8 Å². The van der Waals surface area contributed by atoms with Crippen LogP contribution in [0.3, 0.4) is 0 Å². The van der Waals surface area contributed by atoms with Crippen molar-refractivity contribution in [3.8, 4) is 5.69 Å². The Balaban J connectivity index is 0.00000243. The van der Waals surface area contributed by atoms with E-state index in [1.165, 1.54) is 0 Å². The second kappa shape index (κ2) is 10.1. The third-order valence-electron chi connectivity index (χ3n) is 4.29. The zero-order chi connectivity index (χ0) is 17.6. The normalized spacial score (nSPS) is 10.9. The van der Waals surface area contributed by atoms with Crippen LogP contribution in [0.25, 0.3) is 16.6 Å². The molecule has 3 aromatic rings. The van der Waals surface area contributed by atoms with Gasteiger partial charge in [-0.1, -0.05) is 68.2 Å². The van der Waals surface area contributed by atoms with E-state index >= 15 is 0 Å². The number of para-hydroxylation sites is 2. The van der Waals surface area contributed by atoms with Gasteiger partial charge in [0, 0.05) is 23.4 Å². The molecule has 3 rings (SSSR count). The van der Waals surface area contributed by atoms with Gasteiger partial charge in [-0.05, 0) is 37.4 Å². The van der Waals surface area contributed by atoms with Crippen molar-refractivity contribution in [3.63, 3.8) is 0 Å². The molecule has 1 aromatic heterocycles. The van der Waals surface area contributed by atoms with Crippen LogP contribution in [0.5, 0.6) is 0 Å². The number of thioether (sulfide) groups is 1. The summed E-state index contributed by atoms with van der Waals surface area (Å²) in [5.41, 5.74) is 2.03. The molecule has 6 heteroatoms. The first-order valence-corrected chi connectivity index (χ1v) is 10.1. The molecule has 138 valence electrons. The Hall–Kier alpha value is -1.40. The summed E-state index contributed by atoms with van der Waals surface area (Å²) < 4.78 is 2.92. The SMILES string of the molecule is CCN(CC)CCSc1nc2ccccc2c(=S)n1-c1ccccc1.[Cl-]. The monoisotopic (exact) mass is 404 g/mol. The first kappa shape index (κ1) is 20.9. The van der Waals surface area contributed by atoms with Gasteiger partial charge in [-0.2, -0.15) is 0 Å². The average Bonchev–Trinajstić information content (AvgIpc) is 2.66. The number of halogens is 1. The Morgan fingerprint density at radius 2 is 1.65 bits per heavy atom. The smallest absolute Gasteiger partial charge is 0.174 e. The molecule has 0 saturated carbocycles. The molecule has 0 bridgehead atoms. The third kappa shape index (κ3) is 4.65. The van der Waals surface area contributed by atoms with Crippen molar-refractivity contribution in [3.05, 3.63) is 59.2 Å². The highest BCUT2D eigenvalue weighted by atomic mass is 35.5. The molecule has 0 aliphatic heterocycles. The third-order valence-corrected chi connectivity index (χ3v) is 5.61. The first-order chi connectivity index (χ1) is 12.2. The summed E-state index contributed by atoms with van der Waals surface area (Å²) in [6.07, 6.45) is 0. The highest BCUT2D eigenvalue weighted by Crippen LogP contribution is 2.25. The van der Waals surface area contributed by atoms with Gasteiger partial charge in [0.2, 0.25) is 0 Å². The van der Waals surface area contributed by atoms with Crippen LogP contribution in [-0.2, 0) is 0 Å². The fourth-order valence-electron chi connectivity index (χ4n) is 2.82. The Morgan fingerprint density at radius 3 is 2.35 bits per heavy atom. The Kier molecular flexibility index (Phi) is 8.10. The molecule has 0 saturated heterocycles. The average molecular weight is 405 g/mol. The molecule has 2 aromatic carbocycles. The first-order valence-electron chi connectivity index (χ1n) is 8.67. The maximum atomic E-state index is 5.81. The van der Waals surface area contributed by atoms with Gasteiger partial charge in [0.25, 0.3) is 0 Å². The van der Waals surface area contributed by atoms with Crippen LogP contribution < -0.4 is 12.4 Å². The summed E-state index contributed by atoms with van der Waals surface area (Å²) in [6, 6.07) is 18.4. The molecule has 26 heavy (non-hydrogen) atoms. The Morgan fingerprint density at radius 1 is 1.00 bits per heavy atom. The van der Waals surface area contributed by atoms with Crippen LogP contribution >= 0.6 is 24.0 Å². The van der Waals surface area contributed by atoms with E-state index in [0.29, 0.717) is 0 Å². The van der Waals surface area contributed by atoms with Crippen molar-refractivity contribution in [2.75, 3.05) is 25.4 Å². The fourth-order valence-corrected chi connectivity index (χ4v) is 4.26. The number of hydrogen-bond donors (Lipinski definition) is 0. The molecular weight excluding hydrogens is 382 g/mol. The molecule has 1 heterocycles. The summed E-state index contributed by atoms with van der Waals surface area (Å²) in [7, 11) is 0. The fraction of sp³-hybridized carbons (Fsp3) is 0.300. The van der Waals surface area contributed by atoms with Crippen LogP contribution in [0.4, 0.5) is 0 Å². The van der Waals surface area contributed by atoms with Crippen LogP contribution in [0.15, 0.2) is 59.8 Å². The van der Waals surface area contributed by atoms with Gasteiger partial charge in [-0.3, -0.25) is 4.57 Å². The number of rotatable bonds is 7.